The van der Waals surface area contributed by atoms with Crippen LogP contribution in [0.2, 0.25) is 0 Å². The van der Waals surface area contributed by atoms with Crippen LogP contribution < -0.4 is 25.3 Å². The molecular weight excluding hydrogens is 598 g/mol. The van der Waals surface area contributed by atoms with E-state index in [4.69, 9.17) is 9.57 Å². The van der Waals surface area contributed by atoms with Gasteiger partial charge in [0.2, 0.25) is 11.8 Å². The predicted octanol–water partition coefficient (Wildman–Crippen LogP) is 4.07. The van der Waals surface area contributed by atoms with Gasteiger partial charge >= 0.3 is 0 Å². The van der Waals surface area contributed by atoms with E-state index in [1.165, 1.54) is 12.4 Å². The Kier molecular flexibility index (Phi) is 9.83. The number of amides is 2. The minimum absolute atomic E-state index is 0.0188. The summed E-state index contributed by atoms with van der Waals surface area (Å²) in [6.45, 7) is 12.8. The molecule has 248 valence electrons. The quantitative estimate of drug-likeness (QED) is 0.328. The van der Waals surface area contributed by atoms with Crippen molar-refractivity contribution in [3.63, 3.8) is 0 Å². The van der Waals surface area contributed by atoms with Gasteiger partial charge in [-0.05, 0) is 43.5 Å². The number of piperazine rings is 1. The highest BCUT2D eigenvalue weighted by Crippen LogP contribution is 2.40. The van der Waals surface area contributed by atoms with Crippen LogP contribution in [0.3, 0.4) is 0 Å². The lowest BCUT2D eigenvalue weighted by molar-refractivity contribution is -0.131. The number of hydrogen-bond acceptors (Lipinski definition) is 11. The monoisotopic (exact) mass is 641 g/mol. The molecule has 0 saturated carbocycles. The van der Waals surface area contributed by atoms with Crippen LogP contribution >= 0.6 is 0 Å². The van der Waals surface area contributed by atoms with Gasteiger partial charge < -0.3 is 25.2 Å². The molecule has 1 atom stereocenters. The van der Waals surface area contributed by atoms with Crippen molar-refractivity contribution < 1.29 is 19.2 Å². The summed E-state index contributed by atoms with van der Waals surface area (Å²) in [5.74, 6) is 1.62. The van der Waals surface area contributed by atoms with Crippen molar-refractivity contribution in [1.82, 2.24) is 24.8 Å². The normalized spacial score (nSPS) is 19.0. The summed E-state index contributed by atoms with van der Waals surface area (Å²) in [4.78, 5) is 50.4. The largest absolute Gasteiger partial charge is 0.494 e. The van der Waals surface area contributed by atoms with Crippen LogP contribution in [0.15, 0.2) is 55.5 Å². The first kappa shape index (κ1) is 32.2. The molecule has 0 radical (unpaired) electrons. The Morgan fingerprint density at radius 3 is 2.47 bits per heavy atom. The number of piperidine rings is 1. The van der Waals surface area contributed by atoms with Gasteiger partial charge in [0.15, 0.2) is 5.82 Å². The van der Waals surface area contributed by atoms with Crippen molar-refractivity contribution in [2.24, 2.45) is 0 Å². The van der Waals surface area contributed by atoms with Gasteiger partial charge in [-0.2, -0.15) is 0 Å². The molecule has 3 saturated heterocycles. The van der Waals surface area contributed by atoms with Crippen LogP contribution in [0, 0.1) is 6.92 Å². The van der Waals surface area contributed by atoms with Gasteiger partial charge in [-0.1, -0.05) is 12.6 Å². The van der Waals surface area contributed by atoms with Crippen LogP contribution in [-0.2, 0) is 14.4 Å². The van der Waals surface area contributed by atoms with Crippen molar-refractivity contribution in [3.05, 3.63) is 66.8 Å². The number of carbonyl (C=O) groups is 2. The second-order valence-corrected chi connectivity index (χ2v) is 12.1. The molecule has 47 heavy (non-hydrogen) atoms. The van der Waals surface area contributed by atoms with Gasteiger partial charge in [-0.15, -0.1) is 0 Å². The first-order valence-corrected chi connectivity index (χ1v) is 16.2. The number of methoxy groups -OCH3 is 1. The molecule has 3 fully saturated rings. The Labute approximate surface area is 275 Å². The molecule has 1 unspecified atom stereocenters. The predicted molar refractivity (Wildman–Crippen MR) is 181 cm³/mol. The number of pyridine rings is 1. The van der Waals surface area contributed by atoms with Gasteiger partial charge in [0.1, 0.15) is 17.9 Å². The average molecular weight is 642 g/mol. The summed E-state index contributed by atoms with van der Waals surface area (Å²) in [6.07, 6.45) is 7.42. The lowest BCUT2D eigenvalue weighted by Gasteiger charge is -2.43. The van der Waals surface area contributed by atoms with Crippen LogP contribution in [0.4, 0.5) is 28.7 Å². The van der Waals surface area contributed by atoms with E-state index >= 15 is 0 Å². The molecule has 3 aromatic rings. The number of hydroxylamine groups is 1. The molecule has 5 heterocycles. The van der Waals surface area contributed by atoms with E-state index in [1.54, 1.807) is 14.0 Å². The second-order valence-electron chi connectivity index (χ2n) is 12.1. The summed E-state index contributed by atoms with van der Waals surface area (Å²) in [5, 5.41) is 8.18. The molecule has 13 heteroatoms. The summed E-state index contributed by atoms with van der Waals surface area (Å²) < 4.78 is 5.85. The Balaban J connectivity index is 1.20. The van der Waals surface area contributed by atoms with E-state index < -0.39 is 0 Å². The number of anilines is 5. The molecule has 2 N–H and O–H groups in total. The number of rotatable bonds is 9. The number of nitrogens with one attached hydrogen (secondary N) is 2. The van der Waals surface area contributed by atoms with E-state index in [0.717, 1.165) is 75.5 Å². The van der Waals surface area contributed by atoms with Gasteiger partial charge in [-0.25, -0.2) is 15.0 Å². The number of hydrogen-bond donors (Lipinski definition) is 2. The molecule has 0 spiro atoms. The minimum Gasteiger partial charge on any atom is -0.494 e. The maximum atomic E-state index is 12.6. The molecule has 1 aromatic carbocycles. The Morgan fingerprint density at radius 2 is 1.79 bits per heavy atom. The van der Waals surface area contributed by atoms with Crippen molar-refractivity contribution in [2.75, 3.05) is 73.6 Å². The van der Waals surface area contributed by atoms with Crippen LogP contribution in [0.25, 0.3) is 0 Å². The highest BCUT2D eigenvalue weighted by Gasteiger charge is 2.31. The SMILES string of the molecule is C=CC(=O)Nc1cc(Nc2cc(N3OCCC3c3ccc(C)nc3)ncn2)c(OC)cc1N1CCC(N2CCN(C(C)=O)CC2)CC1. The number of ether oxygens (including phenoxy) is 1. The number of carbonyl (C=O) groups excluding carboxylic acids is 2. The first-order valence-electron chi connectivity index (χ1n) is 16.2. The molecule has 0 aliphatic carbocycles. The smallest absolute Gasteiger partial charge is 0.247 e. The van der Waals surface area contributed by atoms with Gasteiger partial charge in [0.05, 0.1) is 36.8 Å². The molecule has 2 aromatic heterocycles. The molecule has 6 rings (SSSR count). The summed E-state index contributed by atoms with van der Waals surface area (Å²) >= 11 is 0. The van der Waals surface area contributed by atoms with Crippen molar-refractivity contribution in [1.29, 1.82) is 0 Å². The maximum absolute atomic E-state index is 12.6. The topological polar surface area (TPSA) is 128 Å². The number of aromatic nitrogens is 3. The van der Waals surface area contributed by atoms with Gasteiger partial charge in [-0.3, -0.25) is 24.3 Å². The third kappa shape index (κ3) is 7.31. The summed E-state index contributed by atoms with van der Waals surface area (Å²) in [6, 6.07) is 10.2. The van der Waals surface area contributed by atoms with E-state index in [1.807, 2.05) is 47.3 Å². The fourth-order valence-electron chi connectivity index (χ4n) is 6.60. The zero-order valence-electron chi connectivity index (χ0n) is 27.3. The third-order valence-corrected chi connectivity index (χ3v) is 9.21. The first-order chi connectivity index (χ1) is 22.8. The van der Waals surface area contributed by atoms with E-state index in [2.05, 4.69) is 48.0 Å². The maximum Gasteiger partial charge on any atom is 0.247 e. The van der Waals surface area contributed by atoms with E-state index in [0.29, 0.717) is 41.4 Å². The fourth-order valence-corrected chi connectivity index (χ4v) is 6.60. The molecule has 0 bridgehead atoms. The van der Waals surface area contributed by atoms with Crippen molar-refractivity contribution >= 4 is 40.5 Å². The van der Waals surface area contributed by atoms with Crippen molar-refractivity contribution in [3.8, 4) is 5.75 Å². The van der Waals surface area contributed by atoms with E-state index in [-0.39, 0.29) is 17.9 Å². The molecule has 2 amide bonds. The van der Waals surface area contributed by atoms with Crippen LogP contribution in [0.1, 0.15) is 43.5 Å². The molecule has 13 nitrogen and oxygen atoms in total. The zero-order chi connectivity index (χ0) is 32.9. The second kappa shape index (κ2) is 14.3. The summed E-state index contributed by atoms with van der Waals surface area (Å²) in [7, 11) is 1.63. The zero-order valence-corrected chi connectivity index (χ0v) is 27.3. The van der Waals surface area contributed by atoms with E-state index in [9.17, 15) is 9.59 Å². The Morgan fingerprint density at radius 1 is 1.00 bits per heavy atom. The Hall–Kier alpha value is -4.75. The summed E-state index contributed by atoms with van der Waals surface area (Å²) in [5.41, 5.74) is 4.18. The highest BCUT2D eigenvalue weighted by atomic mass is 16.7. The molecule has 3 aliphatic heterocycles. The highest BCUT2D eigenvalue weighted by molar-refractivity contribution is 6.02. The number of aryl methyl sites for hydroxylation is 1. The van der Waals surface area contributed by atoms with Crippen LogP contribution in [-0.4, -0.2) is 95.6 Å². The minimum atomic E-state index is -0.298. The van der Waals surface area contributed by atoms with Gasteiger partial charge in [0.25, 0.3) is 0 Å². The molecule has 3 aliphatic rings. The lowest BCUT2D eigenvalue weighted by Crippen LogP contribution is -2.54. The standard InChI is InChI=1S/C34H43N9O4/c1-5-34(45)39-27-18-28(38-32-20-33(37-22-36-32)43-29(10-17-47-43)25-7-6-23(2)35-21-25)31(46-4)19-30(27)42-11-8-26(9-12-42)41-15-13-40(14-16-41)24(3)44/h5-7,18-22,26,29H,1,8-17H2,2-4H3,(H,39,45)(H,36,37,38). The number of benzene rings is 1. The van der Waals surface area contributed by atoms with Crippen LogP contribution in [0.5, 0.6) is 5.75 Å². The molecular formula is C34H43N9O4. The third-order valence-electron chi connectivity index (χ3n) is 9.21. The number of nitrogens with zero attached hydrogens (tertiary/aromatic N) is 7. The van der Waals surface area contributed by atoms with Crippen molar-refractivity contribution in [2.45, 2.75) is 45.2 Å². The average Bonchev–Trinajstić information content (AvgIpc) is 3.59. The lowest BCUT2D eigenvalue weighted by atomic mass is 10.0. The fraction of sp³-hybridized carbons (Fsp3) is 0.441. The van der Waals surface area contributed by atoms with Gasteiger partial charge in [0, 0.05) is 82.7 Å². The Bertz CT molecular complexity index is 1580.